The van der Waals surface area contributed by atoms with Gasteiger partial charge in [0, 0.05) is 6.42 Å². The van der Waals surface area contributed by atoms with Crippen LogP contribution < -0.4 is 5.32 Å². The van der Waals surface area contributed by atoms with E-state index in [0.29, 0.717) is 0 Å². The predicted octanol–water partition coefficient (Wildman–Crippen LogP) is 2.97. The Bertz CT molecular complexity index is 715. The van der Waals surface area contributed by atoms with E-state index in [4.69, 9.17) is 0 Å². The van der Waals surface area contributed by atoms with E-state index in [1.807, 2.05) is 63.2 Å². The van der Waals surface area contributed by atoms with Crippen LogP contribution in [0.3, 0.4) is 0 Å². The smallest absolute Gasteiger partial charge is 0.326 e. The monoisotopic (exact) mass is 325 g/mol. The van der Waals surface area contributed by atoms with Gasteiger partial charge in [0.15, 0.2) is 0 Å². The Labute approximate surface area is 142 Å². The van der Waals surface area contributed by atoms with E-state index in [1.165, 1.54) is 0 Å². The molecule has 0 spiro atoms. The maximum Gasteiger partial charge on any atom is 0.326 e. The van der Waals surface area contributed by atoms with Gasteiger partial charge in [-0.05, 0) is 43.0 Å². The highest BCUT2D eigenvalue weighted by Crippen LogP contribution is 2.17. The van der Waals surface area contributed by atoms with Gasteiger partial charge in [-0.25, -0.2) is 4.79 Å². The molecule has 2 aromatic carbocycles. The average Bonchev–Trinajstić information content (AvgIpc) is 2.51. The quantitative estimate of drug-likeness (QED) is 0.858. The molecular weight excluding hydrogens is 302 g/mol. The van der Waals surface area contributed by atoms with Crippen molar-refractivity contribution >= 4 is 11.9 Å². The van der Waals surface area contributed by atoms with Gasteiger partial charge in [-0.2, -0.15) is 0 Å². The molecule has 0 fully saturated rings. The molecule has 2 aromatic rings. The van der Waals surface area contributed by atoms with Crippen molar-refractivity contribution < 1.29 is 14.7 Å². The van der Waals surface area contributed by atoms with Crippen LogP contribution in [-0.4, -0.2) is 23.0 Å². The lowest BCUT2D eigenvalue weighted by atomic mass is 9.97. The lowest BCUT2D eigenvalue weighted by Crippen LogP contribution is -2.43. The minimum absolute atomic E-state index is 0.191. The fraction of sp³-hybridized carbons (Fsp3) is 0.300. The standard InChI is InChI=1S/C20H23NO3/c1-13-9-14(2)17(15(3)10-13)12-19(22)21-18(20(23)24)11-16-7-5-4-6-8-16/h4-10,18H,11-12H2,1-3H3,(H,21,22)(H,23,24). The third-order valence-corrected chi connectivity index (χ3v) is 4.09. The van der Waals surface area contributed by atoms with Gasteiger partial charge in [-0.3, -0.25) is 4.79 Å². The number of amides is 1. The molecule has 0 bridgehead atoms. The Morgan fingerprint density at radius 1 is 1.04 bits per heavy atom. The topological polar surface area (TPSA) is 66.4 Å². The summed E-state index contributed by atoms with van der Waals surface area (Å²) in [5.74, 6) is -1.29. The summed E-state index contributed by atoms with van der Waals surface area (Å²) in [6.07, 6.45) is 0.463. The molecule has 1 amide bonds. The van der Waals surface area contributed by atoms with Gasteiger partial charge in [-0.1, -0.05) is 48.0 Å². The Balaban J connectivity index is 2.07. The molecule has 0 radical (unpaired) electrons. The first-order valence-corrected chi connectivity index (χ1v) is 7.99. The molecule has 0 aromatic heterocycles. The van der Waals surface area contributed by atoms with Gasteiger partial charge in [0.2, 0.25) is 5.91 Å². The van der Waals surface area contributed by atoms with E-state index < -0.39 is 12.0 Å². The Kier molecular flexibility index (Phi) is 5.74. The summed E-state index contributed by atoms with van der Waals surface area (Å²) in [6.45, 7) is 5.96. The number of benzene rings is 2. The number of aryl methyl sites for hydroxylation is 3. The zero-order valence-electron chi connectivity index (χ0n) is 14.3. The van der Waals surface area contributed by atoms with E-state index in [9.17, 15) is 14.7 Å². The maximum atomic E-state index is 12.3. The van der Waals surface area contributed by atoms with Gasteiger partial charge >= 0.3 is 5.97 Å². The molecule has 126 valence electrons. The van der Waals surface area contributed by atoms with E-state index in [1.54, 1.807) is 0 Å². The van der Waals surface area contributed by atoms with Crippen LogP contribution >= 0.6 is 0 Å². The Hall–Kier alpha value is -2.62. The summed E-state index contributed by atoms with van der Waals surface area (Å²) in [5.41, 5.74) is 5.10. The first-order valence-electron chi connectivity index (χ1n) is 7.99. The normalized spacial score (nSPS) is 11.8. The number of rotatable bonds is 6. The lowest BCUT2D eigenvalue weighted by Gasteiger charge is -2.16. The predicted molar refractivity (Wildman–Crippen MR) is 94.1 cm³/mol. The molecule has 1 unspecified atom stereocenters. The van der Waals surface area contributed by atoms with Gasteiger partial charge < -0.3 is 10.4 Å². The third-order valence-electron chi connectivity index (χ3n) is 4.09. The van der Waals surface area contributed by atoms with Crippen LogP contribution in [0.25, 0.3) is 0 Å². The van der Waals surface area contributed by atoms with Gasteiger partial charge in [0.1, 0.15) is 6.04 Å². The van der Waals surface area contributed by atoms with Crippen LogP contribution in [0.1, 0.15) is 27.8 Å². The van der Waals surface area contributed by atoms with Crippen LogP contribution in [0.5, 0.6) is 0 Å². The summed E-state index contributed by atoms with van der Waals surface area (Å²) in [4.78, 5) is 23.8. The highest BCUT2D eigenvalue weighted by Gasteiger charge is 2.21. The highest BCUT2D eigenvalue weighted by molar-refractivity contribution is 5.85. The molecule has 2 N–H and O–H groups in total. The SMILES string of the molecule is Cc1cc(C)c(CC(=O)NC(Cc2ccccc2)C(=O)O)c(C)c1. The van der Waals surface area contributed by atoms with Crippen molar-refractivity contribution in [2.75, 3.05) is 0 Å². The minimum Gasteiger partial charge on any atom is -0.480 e. The summed E-state index contributed by atoms with van der Waals surface area (Å²) < 4.78 is 0. The molecular formula is C20H23NO3. The molecule has 0 heterocycles. The Morgan fingerprint density at radius 3 is 2.17 bits per heavy atom. The molecule has 0 aliphatic carbocycles. The number of hydrogen-bond donors (Lipinski definition) is 2. The second kappa shape index (κ2) is 7.77. The van der Waals surface area contributed by atoms with Crippen LogP contribution in [0.4, 0.5) is 0 Å². The zero-order valence-corrected chi connectivity index (χ0v) is 14.3. The van der Waals surface area contributed by atoms with Crippen molar-refractivity contribution in [2.24, 2.45) is 0 Å². The Morgan fingerprint density at radius 2 is 1.62 bits per heavy atom. The van der Waals surface area contributed by atoms with E-state index in [0.717, 1.165) is 27.8 Å². The number of carbonyl (C=O) groups excluding carboxylic acids is 1. The highest BCUT2D eigenvalue weighted by atomic mass is 16.4. The first kappa shape index (κ1) is 17.7. The van der Waals surface area contributed by atoms with Crippen LogP contribution in [0, 0.1) is 20.8 Å². The molecule has 1 atom stereocenters. The summed E-state index contributed by atoms with van der Waals surface area (Å²) in [7, 11) is 0. The van der Waals surface area contributed by atoms with Crippen molar-refractivity contribution in [3.63, 3.8) is 0 Å². The van der Waals surface area contributed by atoms with E-state index in [-0.39, 0.29) is 18.7 Å². The van der Waals surface area contributed by atoms with Crippen LogP contribution in [0.15, 0.2) is 42.5 Å². The molecule has 24 heavy (non-hydrogen) atoms. The van der Waals surface area contributed by atoms with Crippen molar-refractivity contribution in [1.29, 1.82) is 0 Å². The van der Waals surface area contributed by atoms with Crippen LogP contribution in [-0.2, 0) is 22.4 Å². The van der Waals surface area contributed by atoms with Crippen molar-refractivity contribution in [3.8, 4) is 0 Å². The summed E-state index contributed by atoms with van der Waals surface area (Å²) in [6, 6.07) is 12.5. The van der Waals surface area contributed by atoms with Gasteiger partial charge in [-0.15, -0.1) is 0 Å². The minimum atomic E-state index is -1.02. The van der Waals surface area contributed by atoms with E-state index >= 15 is 0 Å². The molecule has 0 saturated heterocycles. The maximum absolute atomic E-state index is 12.3. The largest absolute Gasteiger partial charge is 0.480 e. The number of carbonyl (C=O) groups is 2. The van der Waals surface area contributed by atoms with E-state index in [2.05, 4.69) is 5.32 Å². The summed E-state index contributed by atoms with van der Waals surface area (Å²) >= 11 is 0. The van der Waals surface area contributed by atoms with Crippen molar-refractivity contribution in [1.82, 2.24) is 5.32 Å². The second-order valence-corrected chi connectivity index (χ2v) is 6.20. The van der Waals surface area contributed by atoms with Gasteiger partial charge in [0.05, 0.1) is 6.42 Å². The number of nitrogens with one attached hydrogen (secondary N) is 1. The lowest BCUT2D eigenvalue weighted by molar-refractivity contribution is -0.141. The third kappa shape index (κ3) is 4.69. The van der Waals surface area contributed by atoms with Crippen molar-refractivity contribution in [3.05, 3.63) is 70.3 Å². The summed E-state index contributed by atoms with van der Waals surface area (Å²) in [5, 5.41) is 12.0. The number of aliphatic carboxylic acids is 1. The zero-order chi connectivity index (χ0) is 17.7. The number of hydrogen-bond acceptors (Lipinski definition) is 2. The number of carboxylic acids is 1. The molecule has 4 heteroatoms. The molecule has 4 nitrogen and oxygen atoms in total. The van der Waals surface area contributed by atoms with Crippen molar-refractivity contribution in [2.45, 2.75) is 39.7 Å². The van der Waals surface area contributed by atoms with Gasteiger partial charge in [0.25, 0.3) is 0 Å². The fourth-order valence-corrected chi connectivity index (χ4v) is 2.94. The molecule has 0 aliphatic heterocycles. The average molecular weight is 325 g/mol. The molecule has 0 saturated carbocycles. The first-order chi connectivity index (χ1) is 11.4. The number of carboxylic acid groups (broad SMARTS) is 1. The fourth-order valence-electron chi connectivity index (χ4n) is 2.94. The molecule has 0 aliphatic rings. The molecule has 2 rings (SSSR count). The van der Waals surface area contributed by atoms with Crippen LogP contribution in [0.2, 0.25) is 0 Å². The second-order valence-electron chi connectivity index (χ2n) is 6.20.